The third kappa shape index (κ3) is 2.84. The summed E-state index contributed by atoms with van der Waals surface area (Å²) in [6.45, 7) is 2.15. The first-order chi connectivity index (χ1) is 9.33. The molecular weight excluding hydrogens is 243 g/mol. The first-order valence-corrected chi connectivity index (χ1v) is 6.73. The second-order valence-electron chi connectivity index (χ2n) is 5.07. The van der Waals surface area contributed by atoms with Gasteiger partial charge in [-0.1, -0.05) is 17.3 Å². The summed E-state index contributed by atoms with van der Waals surface area (Å²) in [5.74, 6) is 1.34. The molecule has 19 heavy (non-hydrogen) atoms. The normalized spacial score (nSPS) is 16.7. The van der Waals surface area contributed by atoms with Crippen molar-refractivity contribution in [2.75, 3.05) is 13.1 Å². The molecule has 3 nitrogen and oxygen atoms in total. The molecule has 4 heteroatoms. The van der Waals surface area contributed by atoms with Gasteiger partial charge in [0.25, 0.3) is 0 Å². The summed E-state index contributed by atoms with van der Waals surface area (Å²) in [7, 11) is 0. The van der Waals surface area contributed by atoms with Crippen molar-refractivity contribution in [2.45, 2.75) is 19.3 Å². The van der Waals surface area contributed by atoms with E-state index in [1.807, 2.05) is 0 Å². The summed E-state index contributed by atoms with van der Waals surface area (Å²) < 4.78 is 18.3. The SMILES string of the molecule is Fc1ccc(-c2cnoc2CC2CCNCC2)cc1. The van der Waals surface area contributed by atoms with Gasteiger partial charge in [0.1, 0.15) is 11.6 Å². The van der Waals surface area contributed by atoms with Crippen LogP contribution in [0.4, 0.5) is 4.39 Å². The van der Waals surface area contributed by atoms with E-state index in [-0.39, 0.29) is 5.82 Å². The van der Waals surface area contributed by atoms with Gasteiger partial charge in [0.15, 0.2) is 0 Å². The molecule has 1 saturated heterocycles. The van der Waals surface area contributed by atoms with Gasteiger partial charge in [-0.15, -0.1) is 0 Å². The molecule has 1 aliphatic rings. The van der Waals surface area contributed by atoms with Crippen LogP contribution >= 0.6 is 0 Å². The molecule has 0 unspecified atom stereocenters. The Morgan fingerprint density at radius 1 is 1.21 bits per heavy atom. The molecule has 100 valence electrons. The Kier molecular flexibility index (Phi) is 3.60. The predicted octanol–water partition coefficient (Wildman–Crippen LogP) is 3.02. The van der Waals surface area contributed by atoms with E-state index in [4.69, 9.17) is 4.52 Å². The number of halogens is 1. The average molecular weight is 260 g/mol. The van der Waals surface area contributed by atoms with Crippen molar-refractivity contribution in [3.05, 3.63) is 42.0 Å². The number of nitrogens with zero attached hydrogens (tertiary/aromatic N) is 1. The van der Waals surface area contributed by atoms with Gasteiger partial charge in [-0.2, -0.15) is 0 Å². The second-order valence-corrected chi connectivity index (χ2v) is 5.07. The molecule has 0 atom stereocenters. The third-order valence-electron chi connectivity index (χ3n) is 3.73. The molecule has 0 amide bonds. The van der Waals surface area contributed by atoms with Crippen molar-refractivity contribution in [1.29, 1.82) is 0 Å². The summed E-state index contributed by atoms with van der Waals surface area (Å²) in [5, 5.41) is 7.26. The summed E-state index contributed by atoms with van der Waals surface area (Å²) in [4.78, 5) is 0. The van der Waals surface area contributed by atoms with Crippen LogP contribution in [-0.2, 0) is 6.42 Å². The van der Waals surface area contributed by atoms with Crippen molar-refractivity contribution in [2.24, 2.45) is 5.92 Å². The maximum Gasteiger partial charge on any atom is 0.144 e. The first kappa shape index (κ1) is 12.4. The van der Waals surface area contributed by atoms with Gasteiger partial charge >= 0.3 is 0 Å². The first-order valence-electron chi connectivity index (χ1n) is 6.73. The lowest BCUT2D eigenvalue weighted by atomic mass is 9.91. The standard InChI is InChI=1S/C15H17FN2O/c16-13-3-1-12(2-4-13)14-10-18-19-15(14)9-11-5-7-17-8-6-11/h1-4,10-11,17H,5-9H2. The molecule has 0 bridgehead atoms. The van der Waals surface area contributed by atoms with E-state index >= 15 is 0 Å². The lowest BCUT2D eigenvalue weighted by Gasteiger charge is -2.21. The molecule has 0 radical (unpaired) electrons. The largest absolute Gasteiger partial charge is 0.361 e. The Morgan fingerprint density at radius 3 is 2.68 bits per heavy atom. The maximum atomic E-state index is 13.0. The van der Waals surface area contributed by atoms with E-state index in [0.29, 0.717) is 5.92 Å². The van der Waals surface area contributed by atoms with Crippen LogP contribution < -0.4 is 5.32 Å². The van der Waals surface area contributed by atoms with Crippen LogP contribution in [0.5, 0.6) is 0 Å². The predicted molar refractivity (Wildman–Crippen MR) is 71.2 cm³/mol. The minimum absolute atomic E-state index is 0.222. The third-order valence-corrected chi connectivity index (χ3v) is 3.73. The zero-order valence-electron chi connectivity index (χ0n) is 10.7. The van der Waals surface area contributed by atoms with Crippen LogP contribution in [0.1, 0.15) is 18.6 Å². The Labute approximate surface area is 111 Å². The Hall–Kier alpha value is -1.68. The fourth-order valence-corrected chi connectivity index (χ4v) is 2.62. The van der Waals surface area contributed by atoms with Gasteiger partial charge in [-0.05, 0) is 49.5 Å². The minimum Gasteiger partial charge on any atom is -0.361 e. The van der Waals surface area contributed by atoms with E-state index in [1.165, 1.54) is 25.0 Å². The van der Waals surface area contributed by atoms with Crippen molar-refractivity contribution in [1.82, 2.24) is 10.5 Å². The molecule has 2 aromatic rings. The summed E-state index contributed by atoms with van der Waals surface area (Å²) in [6, 6.07) is 6.48. The van der Waals surface area contributed by atoms with Crippen molar-refractivity contribution in [3.8, 4) is 11.1 Å². The van der Waals surface area contributed by atoms with Crippen LogP contribution in [0.3, 0.4) is 0 Å². The Balaban J connectivity index is 1.79. The number of piperidine rings is 1. The second kappa shape index (κ2) is 5.53. The van der Waals surface area contributed by atoms with Gasteiger partial charge < -0.3 is 9.84 Å². The molecule has 0 saturated carbocycles. The number of rotatable bonds is 3. The van der Waals surface area contributed by atoms with Gasteiger partial charge in [0.2, 0.25) is 0 Å². The molecule has 1 fully saturated rings. The molecule has 1 aromatic carbocycles. The molecule has 1 aromatic heterocycles. The fourth-order valence-electron chi connectivity index (χ4n) is 2.62. The smallest absolute Gasteiger partial charge is 0.144 e. The van der Waals surface area contributed by atoms with Crippen LogP contribution in [0.15, 0.2) is 35.0 Å². The summed E-state index contributed by atoms with van der Waals surface area (Å²) in [5.41, 5.74) is 1.95. The quantitative estimate of drug-likeness (QED) is 0.921. The lowest BCUT2D eigenvalue weighted by Crippen LogP contribution is -2.28. The highest BCUT2D eigenvalue weighted by atomic mass is 19.1. The maximum absolute atomic E-state index is 13.0. The van der Waals surface area contributed by atoms with Crippen molar-refractivity contribution >= 4 is 0 Å². The fraction of sp³-hybridized carbons (Fsp3) is 0.400. The highest BCUT2D eigenvalue weighted by Gasteiger charge is 2.18. The molecule has 1 aliphatic heterocycles. The van der Waals surface area contributed by atoms with Crippen LogP contribution in [0.2, 0.25) is 0 Å². The Morgan fingerprint density at radius 2 is 1.95 bits per heavy atom. The van der Waals surface area contributed by atoms with Crippen molar-refractivity contribution in [3.63, 3.8) is 0 Å². The number of hydrogen-bond donors (Lipinski definition) is 1. The van der Waals surface area contributed by atoms with E-state index in [1.54, 1.807) is 18.3 Å². The zero-order chi connectivity index (χ0) is 13.1. The lowest BCUT2D eigenvalue weighted by molar-refractivity contribution is 0.319. The van der Waals surface area contributed by atoms with E-state index in [2.05, 4.69) is 10.5 Å². The molecular formula is C15H17FN2O. The highest BCUT2D eigenvalue weighted by Crippen LogP contribution is 2.27. The average Bonchev–Trinajstić information content (AvgIpc) is 2.89. The van der Waals surface area contributed by atoms with Crippen LogP contribution in [0, 0.1) is 11.7 Å². The molecule has 0 spiro atoms. The zero-order valence-corrected chi connectivity index (χ0v) is 10.7. The molecule has 1 N–H and O–H groups in total. The monoisotopic (exact) mass is 260 g/mol. The summed E-state index contributed by atoms with van der Waals surface area (Å²) >= 11 is 0. The number of aromatic nitrogens is 1. The van der Waals surface area contributed by atoms with Gasteiger partial charge in [0, 0.05) is 12.0 Å². The molecule has 2 heterocycles. The van der Waals surface area contributed by atoms with Crippen LogP contribution in [-0.4, -0.2) is 18.2 Å². The number of hydrogen-bond acceptors (Lipinski definition) is 3. The molecule has 0 aliphatic carbocycles. The minimum atomic E-state index is -0.222. The van der Waals surface area contributed by atoms with E-state index in [9.17, 15) is 4.39 Å². The van der Waals surface area contributed by atoms with Gasteiger partial charge in [-0.3, -0.25) is 0 Å². The van der Waals surface area contributed by atoms with Crippen molar-refractivity contribution < 1.29 is 8.91 Å². The summed E-state index contributed by atoms with van der Waals surface area (Å²) in [6.07, 6.45) is 4.98. The number of benzene rings is 1. The Bertz CT molecular complexity index is 529. The highest BCUT2D eigenvalue weighted by molar-refractivity contribution is 5.64. The van der Waals surface area contributed by atoms with Gasteiger partial charge in [0.05, 0.1) is 6.20 Å². The molecule has 3 rings (SSSR count). The van der Waals surface area contributed by atoms with E-state index < -0.39 is 0 Å². The van der Waals surface area contributed by atoms with Gasteiger partial charge in [-0.25, -0.2) is 4.39 Å². The topological polar surface area (TPSA) is 38.1 Å². The van der Waals surface area contributed by atoms with Crippen LogP contribution in [0.25, 0.3) is 11.1 Å². The number of nitrogens with one attached hydrogen (secondary N) is 1. The van der Waals surface area contributed by atoms with E-state index in [0.717, 1.165) is 36.4 Å².